The van der Waals surface area contributed by atoms with Gasteiger partial charge in [-0.1, -0.05) is 0 Å². The van der Waals surface area contributed by atoms with Crippen LogP contribution in [0.25, 0.3) is 0 Å². The first kappa shape index (κ1) is 18.7. The van der Waals surface area contributed by atoms with Gasteiger partial charge in [0.1, 0.15) is 11.5 Å². The predicted octanol–water partition coefficient (Wildman–Crippen LogP) is 2.13. The van der Waals surface area contributed by atoms with Crippen LogP contribution in [0, 0.1) is 11.3 Å². The maximum Gasteiger partial charge on any atom is 0.287 e. The molecule has 6 nitrogen and oxygen atoms in total. The van der Waals surface area contributed by atoms with Gasteiger partial charge in [-0.2, -0.15) is 15.4 Å². The summed E-state index contributed by atoms with van der Waals surface area (Å²) in [5, 5.41) is 21.7. The van der Waals surface area contributed by atoms with Gasteiger partial charge in [-0.05, 0) is 31.2 Å². The lowest BCUT2D eigenvalue weighted by atomic mass is 10.1. The number of hydrogen-bond donors (Lipinski definition) is 1. The fourth-order valence-electron chi connectivity index (χ4n) is 2.16. The number of alkyl halides is 4. The first-order valence-electron chi connectivity index (χ1n) is 7.06. The molecule has 0 spiro atoms. The molecule has 1 aromatic rings. The monoisotopic (exact) mass is 359 g/mol. The summed E-state index contributed by atoms with van der Waals surface area (Å²) in [6.45, 7) is 1.20. The molecule has 0 fully saturated rings. The number of aliphatic hydroxyl groups is 1. The fourth-order valence-corrected chi connectivity index (χ4v) is 2.16. The van der Waals surface area contributed by atoms with Gasteiger partial charge in [-0.3, -0.25) is 4.79 Å². The first-order valence-corrected chi connectivity index (χ1v) is 7.06. The van der Waals surface area contributed by atoms with Crippen LogP contribution in [0.4, 0.5) is 17.6 Å². The third-order valence-corrected chi connectivity index (χ3v) is 3.49. The summed E-state index contributed by atoms with van der Waals surface area (Å²) >= 11 is 0. The molecule has 0 aliphatic carbocycles. The lowest BCUT2D eigenvalue weighted by Gasteiger charge is -2.31. The van der Waals surface area contributed by atoms with E-state index in [-0.39, 0.29) is 10.8 Å². The molecule has 10 heteroatoms. The van der Waals surface area contributed by atoms with Crippen molar-refractivity contribution in [3.8, 4) is 11.8 Å². The van der Waals surface area contributed by atoms with Crippen molar-refractivity contribution in [2.45, 2.75) is 38.0 Å². The van der Waals surface area contributed by atoms with E-state index in [1.54, 1.807) is 0 Å². The normalized spacial score (nSPS) is 21.2. The molecular formula is C15H13F4N3O3. The summed E-state index contributed by atoms with van der Waals surface area (Å²) in [5.41, 5.74) is -3.82. The minimum Gasteiger partial charge on any atom is -0.481 e. The molecular weight excluding hydrogens is 346 g/mol. The Morgan fingerprint density at radius 2 is 1.96 bits per heavy atom. The van der Waals surface area contributed by atoms with Crippen LogP contribution in [0.15, 0.2) is 29.4 Å². The van der Waals surface area contributed by atoms with Crippen LogP contribution < -0.4 is 4.74 Å². The Balaban J connectivity index is 2.19. The van der Waals surface area contributed by atoms with Crippen molar-refractivity contribution in [2.24, 2.45) is 5.10 Å². The number of nitriles is 1. The second-order valence-electron chi connectivity index (χ2n) is 5.29. The van der Waals surface area contributed by atoms with Crippen LogP contribution in [0.5, 0.6) is 5.75 Å². The molecule has 1 aliphatic heterocycles. The maximum atomic E-state index is 13.1. The molecule has 134 valence electrons. The van der Waals surface area contributed by atoms with Crippen molar-refractivity contribution in [2.75, 3.05) is 0 Å². The third kappa shape index (κ3) is 3.71. The highest BCUT2D eigenvalue weighted by Crippen LogP contribution is 2.33. The van der Waals surface area contributed by atoms with Gasteiger partial charge in [-0.25, -0.2) is 17.6 Å². The summed E-state index contributed by atoms with van der Waals surface area (Å²) < 4.78 is 56.9. The molecule has 25 heavy (non-hydrogen) atoms. The van der Waals surface area contributed by atoms with E-state index in [1.165, 1.54) is 31.2 Å². The molecule has 0 saturated heterocycles. The van der Waals surface area contributed by atoms with E-state index < -0.39 is 42.7 Å². The van der Waals surface area contributed by atoms with Crippen molar-refractivity contribution < 1.29 is 32.2 Å². The van der Waals surface area contributed by atoms with Gasteiger partial charge in [0.25, 0.3) is 18.8 Å². The van der Waals surface area contributed by atoms with Crippen LogP contribution in [-0.4, -0.2) is 46.4 Å². The number of ether oxygens (including phenoxy) is 1. The number of carbonyl (C=O) groups excluding carboxylic acids is 1. The van der Waals surface area contributed by atoms with Crippen molar-refractivity contribution >= 4 is 11.6 Å². The number of nitrogens with zero attached hydrogens (tertiary/aromatic N) is 3. The number of hydrogen-bond acceptors (Lipinski definition) is 5. The highest BCUT2D eigenvalue weighted by molar-refractivity contribution is 5.93. The number of hydrazone groups is 1. The average molecular weight is 359 g/mol. The molecule has 1 N–H and O–H groups in total. The van der Waals surface area contributed by atoms with Gasteiger partial charge in [0.15, 0.2) is 6.10 Å². The molecule has 0 saturated carbocycles. The molecule has 0 unspecified atom stereocenters. The Kier molecular flexibility index (Phi) is 5.27. The zero-order chi connectivity index (χ0) is 18.8. The molecule has 1 aromatic carbocycles. The highest BCUT2D eigenvalue weighted by atomic mass is 19.3. The standard InChI is InChI=1S/C15H13F4N3O3/c1-8(25-10-4-2-9(7-20)3-5-10)13(23)22-15(24,14(18)19)6-11(21-22)12(16)17/h2-5,8,12,14,24H,6H2,1H3/t8-,15+/m0/s1. The Hall–Kier alpha value is -2.67. The molecule has 1 amide bonds. The second kappa shape index (κ2) is 7.06. The number of halogens is 4. The van der Waals surface area contributed by atoms with E-state index >= 15 is 0 Å². The van der Waals surface area contributed by atoms with Gasteiger partial charge < -0.3 is 9.84 Å². The van der Waals surface area contributed by atoms with Crippen molar-refractivity contribution in [1.29, 1.82) is 5.26 Å². The molecule has 1 heterocycles. The summed E-state index contributed by atoms with van der Waals surface area (Å²) in [6.07, 6.45) is -9.23. The second-order valence-corrected chi connectivity index (χ2v) is 5.29. The smallest absolute Gasteiger partial charge is 0.287 e. The van der Waals surface area contributed by atoms with Gasteiger partial charge >= 0.3 is 0 Å². The van der Waals surface area contributed by atoms with Gasteiger partial charge in [-0.15, -0.1) is 0 Å². The Labute approximate surface area is 139 Å². The van der Waals surface area contributed by atoms with Crippen LogP contribution in [0.3, 0.4) is 0 Å². The molecule has 0 bridgehead atoms. The quantitative estimate of drug-likeness (QED) is 0.816. The summed E-state index contributed by atoms with van der Waals surface area (Å²) in [6, 6.07) is 7.44. The first-order chi connectivity index (χ1) is 11.7. The topological polar surface area (TPSA) is 85.9 Å². The predicted molar refractivity (Wildman–Crippen MR) is 77.1 cm³/mol. The highest BCUT2D eigenvalue weighted by Gasteiger charge is 2.54. The van der Waals surface area contributed by atoms with Crippen molar-refractivity contribution in [3.05, 3.63) is 29.8 Å². The Morgan fingerprint density at radius 3 is 2.44 bits per heavy atom. The summed E-state index contributed by atoms with van der Waals surface area (Å²) in [5.74, 6) is -1.06. The summed E-state index contributed by atoms with van der Waals surface area (Å²) in [4.78, 5) is 12.3. The largest absolute Gasteiger partial charge is 0.481 e. The molecule has 0 radical (unpaired) electrons. The van der Waals surface area contributed by atoms with E-state index in [0.717, 1.165) is 0 Å². The van der Waals surface area contributed by atoms with E-state index in [2.05, 4.69) is 5.10 Å². The zero-order valence-electron chi connectivity index (χ0n) is 12.9. The van der Waals surface area contributed by atoms with E-state index in [9.17, 15) is 27.5 Å². The zero-order valence-corrected chi connectivity index (χ0v) is 12.9. The molecule has 1 aliphatic rings. The van der Waals surface area contributed by atoms with Crippen molar-refractivity contribution in [1.82, 2.24) is 5.01 Å². The number of benzene rings is 1. The van der Waals surface area contributed by atoms with Gasteiger partial charge in [0, 0.05) is 6.42 Å². The van der Waals surface area contributed by atoms with E-state index in [0.29, 0.717) is 5.56 Å². The van der Waals surface area contributed by atoms with Gasteiger partial charge in [0.05, 0.1) is 11.6 Å². The SMILES string of the molecule is C[C@H](Oc1ccc(C#N)cc1)C(=O)N1N=C(C(F)F)C[C@@]1(O)C(F)F. The lowest BCUT2D eigenvalue weighted by Crippen LogP contribution is -2.54. The minimum absolute atomic E-state index is 0.0481. The maximum absolute atomic E-state index is 13.1. The summed E-state index contributed by atoms with van der Waals surface area (Å²) in [7, 11) is 0. The van der Waals surface area contributed by atoms with Crippen LogP contribution in [0.2, 0.25) is 0 Å². The molecule has 0 aromatic heterocycles. The van der Waals surface area contributed by atoms with Crippen LogP contribution >= 0.6 is 0 Å². The number of rotatable bonds is 5. The van der Waals surface area contributed by atoms with E-state index in [4.69, 9.17) is 10.00 Å². The van der Waals surface area contributed by atoms with Crippen molar-refractivity contribution in [3.63, 3.8) is 0 Å². The third-order valence-electron chi connectivity index (χ3n) is 3.49. The van der Waals surface area contributed by atoms with Crippen LogP contribution in [-0.2, 0) is 4.79 Å². The van der Waals surface area contributed by atoms with E-state index in [1.807, 2.05) is 6.07 Å². The minimum atomic E-state index is -3.50. The lowest BCUT2D eigenvalue weighted by molar-refractivity contribution is -0.196. The fraction of sp³-hybridized carbons (Fsp3) is 0.400. The molecule has 2 rings (SSSR count). The van der Waals surface area contributed by atoms with Gasteiger partial charge in [0.2, 0.25) is 5.72 Å². The number of carbonyl (C=O) groups is 1. The molecule has 2 atom stereocenters. The Bertz CT molecular complexity index is 718. The Morgan fingerprint density at radius 1 is 1.36 bits per heavy atom. The average Bonchev–Trinajstić information content (AvgIpc) is 2.94. The number of amides is 1. The van der Waals surface area contributed by atoms with Crippen LogP contribution in [0.1, 0.15) is 18.9 Å².